The molecule has 1 aliphatic heterocycles. The number of halogens is 1. The average Bonchev–Trinajstić information content (AvgIpc) is 2.69. The summed E-state index contributed by atoms with van der Waals surface area (Å²) in [5, 5.41) is 0. The largest absolute Gasteiger partial charge is 0.353 e. The van der Waals surface area contributed by atoms with Crippen molar-refractivity contribution >= 4 is 17.5 Å². The molecule has 0 saturated carbocycles. The lowest BCUT2D eigenvalue weighted by Crippen LogP contribution is -2.35. The van der Waals surface area contributed by atoms with Crippen LogP contribution < -0.4 is 0 Å². The van der Waals surface area contributed by atoms with Gasteiger partial charge in [-0.3, -0.25) is 4.79 Å². The fourth-order valence-electron chi connectivity index (χ4n) is 2.90. The van der Waals surface area contributed by atoms with E-state index < -0.39 is 0 Å². The van der Waals surface area contributed by atoms with Gasteiger partial charge in [0.15, 0.2) is 0 Å². The minimum atomic E-state index is 0.241. The highest BCUT2D eigenvalue weighted by molar-refractivity contribution is 6.17. The van der Waals surface area contributed by atoms with Crippen LogP contribution in [0.1, 0.15) is 50.3 Å². The third kappa shape index (κ3) is 3.53. The molecule has 0 radical (unpaired) electrons. The van der Waals surface area contributed by atoms with Gasteiger partial charge in [-0.1, -0.05) is 12.8 Å². The highest BCUT2D eigenvalue weighted by Crippen LogP contribution is 2.30. The van der Waals surface area contributed by atoms with E-state index in [1.165, 1.54) is 18.5 Å². The molecule has 1 fully saturated rings. The van der Waals surface area contributed by atoms with Crippen molar-refractivity contribution in [2.75, 3.05) is 12.4 Å². The number of nitrogens with zero attached hydrogens (tertiary/aromatic N) is 2. The normalized spacial score (nSPS) is 20.3. The summed E-state index contributed by atoms with van der Waals surface area (Å²) in [6.45, 7) is 0.886. The van der Waals surface area contributed by atoms with E-state index in [2.05, 4.69) is 34.8 Å². The van der Waals surface area contributed by atoms with Crippen molar-refractivity contribution in [2.24, 2.45) is 7.05 Å². The van der Waals surface area contributed by atoms with Crippen LogP contribution in [-0.4, -0.2) is 27.8 Å². The van der Waals surface area contributed by atoms with Crippen molar-refractivity contribution in [1.82, 2.24) is 9.47 Å². The number of rotatable bonds is 4. The van der Waals surface area contributed by atoms with E-state index in [0.717, 1.165) is 25.8 Å². The fourth-order valence-corrected chi connectivity index (χ4v) is 3.03. The summed E-state index contributed by atoms with van der Waals surface area (Å²) in [4.78, 5) is 14.5. The molecule has 4 heteroatoms. The molecule has 2 heterocycles. The summed E-state index contributed by atoms with van der Waals surface area (Å²) in [7, 11) is 2.06. The second-order valence-electron chi connectivity index (χ2n) is 5.29. The minimum absolute atomic E-state index is 0.241. The Morgan fingerprint density at radius 2 is 2.26 bits per heavy atom. The third-order valence-electron chi connectivity index (χ3n) is 3.92. The van der Waals surface area contributed by atoms with E-state index in [4.69, 9.17) is 11.6 Å². The number of amides is 1. The second-order valence-corrected chi connectivity index (χ2v) is 5.67. The van der Waals surface area contributed by atoms with Crippen molar-refractivity contribution in [3.8, 4) is 0 Å². The second kappa shape index (κ2) is 6.99. The summed E-state index contributed by atoms with van der Waals surface area (Å²) in [6, 6.07) is 4.43. The van der Waals surface area contributed by atoms with Crippen molar-refractivity contribution < 1.29 is 4.79 Å². The quantitative estimate of drug-likeness (QED) is 0.776. The van der Waals surface area contributed by atoms with Gasteiger partial charge in [-0.05, 0) is 31.4 Å². The molecule has 1 aliphatic rings. The van der Waals surface area contributed by atoms with Crippen LogP contribution in [0, 0.1) is 0 Å². The number of carbonyl (C=O) groups excluding carboxylic acids is 1. The summed E-state index contributed by atoms with van der Waals surface area (Å²) >= 11 is 5.70. The molecule has 1 atom stereocenters. The van der Waals surface area contributed by atoms with Crippen LogP contribution in [0.4, 0.5) is 0 Å². The minimum Gasteiger partial charge on any atom is -0.353 e. The highest BCUT2D eigenvalue weighted by Gasteiger charge is 2.27. The third-order valence-corrected chi connectivity index (χ3v) is 4.19. The fraction of sp³-hybridized carbons (Fsp3) is 0.667. The Bertz CT molecular complexity index is 416. The molecule has 1 unspecified atom stereocenters. The molecular weight excluding hydrogens is 260 g/mol. The summed E-state index contributed by atoms with van der Waals surface area (Å²) < 4.78 is 2.14. The molecule has 0 spiro atoms. The number of hydrogen-bond donors (Lipinski definition) is 0. The van der Waals surface area contributed by atoms with Crippen LogP contribution in [0.3, 0.4) is 0 Å². The number of aryl methyl sites for hydroxylation is 1. The molecule has 2 rings (SSSR count). The van der Waals surface area contributed by atoms with Crippen molar-refractivity contribution in [3.63, 3.8) is 0 Å². The molecule has 106 valence electrons. The van der Waals surface area contributed by atoms with Crippen LogP contribution in [0.2, 0.25) is 0 Å². The predicted octanol–water partition coefficient (Wildman–Crippen LogP) is 3.49. The summed E-state index contributed by atoms with van der Waals surface area (Å²) in [6.07, 6.45) is 8.02. The van der Waals surface area contributed by atoms with Gasteiger partial charge in [-0.15, -0.1) is 11.6 Å². The molecule has 0 N–H and O–H groups in total. The predicted molar refractivity (Wildman–Crippen MR) is 78.3 cm³/mol. The van der Waals surface area contributed by atoms with E-state index in [1.807, 2.05) is 0 Å². The number of aromatic nitrogens is 1. The Labute approximate surface area is 120 Å². The molecule has 0 aliphatic carbocycles. The molecular formula is C15H23ClN2O. The highest BCUT2D eigenvalue weighted by atomic mass is 35.5. The number of hydrogen-bond acceptors (Lipinski definition) is 1. The van der Waals surface area contributed by atoms with Crippen LogP contribution in [0.25, 0.3) is 0 Å². The molecule has 1 aromatic rings. The summed E-state index contributed by atoms with van der Waals surface area (Å²) in [5.41, 5.74) is 1.25. The van der Waals surface area contributed by atoms with Crippen LogP contribution in [-0.2, 0) is 11.8 Å². The average molecular weight is 283 g/mol. The first-order valence-corrected chi connectivity index (χ1v) is 7.74. The maximum absolute atomic E-state index is 12.4. The van der Waals surface area contributed by atoms with E-state index in [9.17, 15) is 4.79 Å². The first-order valence-electron chi connectivity index (χ1n) is 7.20. The van der Waals surface area contributed by atoms with Crippen molar-refractivity contribution in [3.05, 3.63) is 24.0 Å². The zero-order chi connectivity index (χ0) is 13.7. The first kappa shape index (κ1) is 14.4. The van der Waals surface area contributed by atoms with Crippen LogP contribution >= 0.6 is 11.6 Å². The first-order chi connectivity index (χ1) is 9.24. The topological polar surface area (TPSA) is 25.2 Å². The van der Waals surface area contributed by atoms with Crippen LogP contribution in [0.5, 0.6) is 0 Å². The van der Waals surface area contributed by atoms with Crippen LogP contribution in [0.15, 0.2) is 18.3 Å². The zero-order valence-corrected chi connectivity index (χ0v) is 12.4. The number of alkyl halides is 1. The molecule has 19 heavy (non-hydrogen) atoms. The van der Waals surface area contributed by atoms with E-state index >= 15 is 0 Å². The molecule has 1 aromatic heterocycles. The standard InChI is InChI=1S/C15H23ClN2O/c1-17-11-6-8-13(17)14-7-3-2-4-12-18(14)15(19)9-5-10-16/h6,8,11,14H,2-5,7,9-10,12H2,1H3. The Morgan fingerprint density at radius 3 is 2.95 bits per heavy atom. The van der Waals surface area contributed by atoms with Crippen molar-refractivity contribution in [2.45, 2.75) is 44.6 Å². The van der Waals surface area contributed by atoms with Gasteiger partial charge < -0.3 is 9.47 Å². The smallest absolute Gasteiger partial charge is 0.223 e. The number of likely N-dealkylation sites (tertiary alicyclic amines) is 1. The van der Waals surface area contributed by atoms with Gasteiger partial charge in [0.2, 0.25) is 5.91 Å². The Kier molecular flexibility index (Phi) is 5.32. The van der Waals surface area contributed by atoms with Gasteiger partial charge in [-0.25, -0.2) is 0 Å². The summed E-state index contributed by atoms with van der Waals surface area (Å²) in [5.74, 6) is 0.822. The Hall–Kier alpha value is -0.960. The zero-order valence-electron chi connectivity index (χ0n) is 11.6. The molecule has 1 amide bonds. The maximum atomic E-state index is 12.4. The van der Waals surface area contributed by atoms with Gasteiger partial charge in [0.25, 0.3) is 0 Å². The lowest BCUT2D eigenvalue weighted by molar-refractivity contribution is -0.133. The SMILES string of the molecule is Cn1cccc1C1CCCCCN1C(=O)CCCCl. The molecule has 3 nitrogen and oxygen atoms in total. The molecule has 0 bridgehead atoms. The monoisotopic (exact) mass is 282 g/mol. The molecule has 0 aromatic carbocycles. The Balaban J connectivity index is 2.16. The van der Waals surface area contributed by atoms with Gasteiger partial charge in [0.1, 0.15) is 0 Å². The maximum Gasteiger partial charge on any atom is 0.223 e. The lowest BCUT2D eigenvalue weighted by Gasteiger charge is -2.30. The van der Waals surface area contributed by atoms with Gasteiger partial charge in [0, 0.05) is 37.8 Å². The van der Waals surface area contributed by atoms with Gasteiger partial charge in [-0.2, -0.15) is 0 Å². The van der Waals surface area contributed by atoms with E-state index in [0.29, 0.717) is 12.3 Å². The van der Waals surface area contributed by atoms with Crippen molar-refractivity contribution in [1.29, 1.82) is 0 Å². The van der Waals surface area contributed by atoms with E-state index in [1.54, 1.807) is 0 Å². The molecule has 1 saturated heterocycles. The van der Waals surface area contributed by atoms with Gasteiger partial charge >= 0.3 is 0 Å². The van der Waals surface area contributed by atoms with E-state index in [-0.39, 0.29) is 11.9 Å². The Morgan fingerprint density at radius 1 is 1.42 bits per heavy atom. The van der Waals surface area contributed by atoms with Gasteiger partial charge in [0.05, 0.1) is 6.04 Å². The lowest BCUT2D eigenvalue weighted by atomic mass is 10.1. The number of carbonyl (C=O) groups is 1.